The molecular weight excluding hydrogens is 260 g/mol. The molecule has 0 fully saturated rings. The van der Waals surface area contributed by atoms with Crippen LogP contribution in [0.3, 0.4) is 0 Å². The summed E-state index contributed by atoms with van der Waals surface area (Å²) < 4.78 is 21.8. The van der Waals surface area contributed by atoms with E-state index in [9.17, 15) is 0 Å². The van der Waals surface area contributed by atoms with Crippen LogP contribution in [0, 0.1) is 0 Å². The average Bonchev–Trinajstić information content (AvgIpc) is 2.48. The molecule has 1 atom stereocenters. The second-order valence-corrected chi connectivity index (χ2v) is 4.03. The fraction of sp³-hybridized carbons (Fsp3) is 0.571. The van der Waals surface area contributed by atoms with Gasteiger partial charge in [-0.2, -0.15) is 0 Å². The van der Waals surface area contributed by atoms with Gasteiger partial charge in [0.25, 0.3) is 0 Å². The van der Waals surface area contributed by atoms with Crippen LogP contribution in [0.1, 0.15) is 25.5 Å². The van der Waals surface area contributed by atoms with Gasteiger partial charge < -0.3 is 18.9 Å². The van der Waals surface area contributed by atoms with E-state index >= 15 is 0 Å². The maximum Gasteiger partial charge on any atom is 0.178 e. The summed E-state index contributed by atoms with van der Waals surface area (Å²) in [6.45, 7) is 4.87. The van der Waals surface area contributed by atoms with Crippen LogP contribution in [0.25, 0.3) is 0 Å². The van der Waals surface area contributed by atoms with E-state index in [4.69, 9.17) is 24.8 Å². The third-order valence-corrected chi connectivity index (χ3v) is 2.89. The average molecular weight is 284 g/mol. The molecule has 0 bridgehead atoms. The lowest BCUT2D eigenvalue weighted by atomic mass is 10.1. The van der Waals surface area contributed by atoms with Crippen molar-refractivity contribution in [2.24, 2.45) is 5.84 Å². The summed E-state index contributed by atoms with van der Waals surface area (Å²) in [5, 5.41) is 0. The number of hydrazine groups is 1. The van der Waals surface area contributed by atoms with Crippen molar-refractivity contribution in [3.63, 3.8) is 0 Å². The van der Waals surface area contributed by atoms with Crippen LogP contribution in [0.15, 0.2) is 18.2 Å². The van der Waals surface area contributed by atoms with Crippen LogP contribution in [-0.2, 0) is 9.47 Å². The molecule has 6 nitrogen and oxygen atoms in total. The highest BCUT2D eigenvalue weighted by Gasteiger charge is 2.26. The second kappa shape index (κ2) is 8.76. The molecule has 1 rings (SSSR count). The summed E-state index contributed by atoms with van der Waals surface area (Å²) >= 11 is 0. The van der Waals surface area contributed by atoms with Gasteiger partial charge in [-0.15, -0.1) is 0 Å². The smallest absolute Gasteiger partial charge is 0.178 e. The third kappa shape index (κ3) is 4.08. The lowest BCUT2D eigenvalue weighted by Gasteiger charge is -2.27. The van der Waals surface area contributed by atoms with Gasteiger partial charge in [0.2, 0.25) is 0 Å². The van der Waals surface area contributed by atoms with Gasteiger partial charge in [0.15, 0.2) is 6.29 Å². The summed E-state index contributed by atoms with van der Waals surface area (Å²) in [5.41, 5.74) is 3.58. The minimum absolute atomic E-state index is 0.337. The highest BCUT2D eigenvalue weighted by molar-refractivity contribution is 5.42. The van der Waals surface area contributed by atoms with E-state index in [2.05, 4.69) is 5.43 Å². The van der Waals surface area contributed by atoms with Gasteiger partial charge in [-0.25, -0.2) is 5.43 Å². The maximum absolute atomic E-state index is 5.66. The number of benzene rings is 1. The van der Waals surface area contributed by atoms with Crippen LogP contribution < -0.4 is 20.7 Å². The molecule has 3 N–H and O–H groups in total. The van der Waals surface area contributed by atoms with Crippen molar-refractivity contribution >= 4 is 0 Å². The van der Waals surface area contributed by atoms with E-state index in [0.29, 0.717) is 24.7 Å². The van der Waals surface area contributed by atoms with Gasteiger partial charge in [-0.1, -0.05) is 0 Å². The van der Waals surface area contributed by atoms with E-state index in [1.165, 1.54) is 0 Å². The number of ether oxygens (including phenoxy) is 4. The van der Waals surface area contributed by atoms with Gasteiger partial charge in [0.1, 0.15) is 17.5 Å². The van der Waals surface area contributed by atoms with Gasteiger partial charge in [-0.05, 0) is 26.0 Å². The van der Waals surface area contributed by atoms with Crippen LogP contribution in [-0.4, -0.2) is 33.7 Å². The summed E-state index contributed by atoms with van der Waals surface area (Å²) in [6.07, 6.45) is -0.489. The summed E-state index contributed by atoms with van der Waals surface area (Å²) in [6, 6.07) is 5.19. The monoisotopic (exact) mass is 284 g/mol. The number of hydrogen-bond acceptors (Lipinski definition) is 6. The molecule has 114 valence electrons. The van der Waals surface area contributed by atoms with E-state index in [1.54, 1.807) is 20.3 Å². The van der Waals surface area contributed by atoms with Gasteiger partial charge in [0.05, 0.1) is 14.2 Å². The molecule has 0 amide bonds. The molecular formula is C14H24N2O4. The van der Waals surface area contributed by atoms with Crippen molar-refractivity contribution in [1.82, 2.24) is 5.43 Å². The minimum Gasteiger partial charge on any atom is -0.497 e. The van der Waals surface area contributed by atoms with Crippen molar-refractivity contribution < 1.29 is 18.9 Å². The van der Waals surface area contributed by atoms with E-state index < -0.39 is 6.29 Å². The maximum atomic E-state index is 5.66. The van der Waals surface area contributed by atoms with Crippen LogP contribution in [0.5, 0.6) is 11.5 Å². The number of nitrogens with two attached hydrogens (primary N) is 1. The molecule has 0 heterocycles. The SMILES string of the molecule is CCOC(OCC)C(NN)c1ccc(OC)cc1OC. The summed E-state index contributed by atoms with van der Waals surface area (Å²) in [4.78, 5) is 0. The van der Waals surface area contributed by atoms with Gasteiger partial charge >= 0.3 is 0 Å². The lowest BCUT2D eigenvalue weighted by Crippen LogP contribution is -2.39. The Morgan fingerprint density at radius 3 is 2.20 bits per heavy atom. The van der Waals surface area contributed by atoms with Crippen LogP contribution in [0.2, 0.25) is 0 Å². The van der Waals surface area contributed by atoms with E-state index in [1.807, 2.05) is 26.0 Å². The van der Waals surface area contributed by atoms with E-state index in [-0.39, 0.29) is 6.04 Å². The Kier molecular flexibility index (Phi) is 7.32. The Balaban J connectivity index is 3.08. The first kappa shape index (κ1) is 16.7. The zero-order valence-electron chi connectivity index (χ0n) is 12.5. The fourth-order valence-corrected chi connectivity index (χ4v) is 1.96. The molecule has 1 aromatic carbocycles. The molecule has 0 saturated carbocycles. The standard InChI is InChI=1S/C14H24N2O4/c1-5-19-14(20-6-2)13(16-15)11-8-7-10(17-3)9-12(11)18-4/h7-9,13-14,16H,5-6,15H2,1-4H3. The van der Waals surface area contributed by atoms with E-state index in [0.717, 1.165) is 5.56 Å². The summed E-state index contributed by atoms with van der Waals surface area (Å²) in [5.74, 6) is 7.04. The predicted octanol–water partition coefficient (Wildman–Crippen LogP) is 1.61. The third-order valence-electron chi connectivity index (χ3n) is 2.89. The Labute approximate surface area is 120 Å². The highest BCUT2D eigenvalue weighted by Crippen LogP contribution is 2.32. The number of methoxy groups -OCH3 is 2. The normalized spacial score (nSPS) is 12.5. The molecule has 0 aliphatic heterocycles. The fourth-order valence-electron chi connectivity index (χ4n) is 1.96. The summed E-state index contributed by atoms with van der Waals surface area (Å²) in [7, 11) is 3.21. The predicted molar refractivity (Wildman–Crippen MR) is 76.7 cm³/mol. The molecule has 20 heavy (non-hydrogen) atoms. The van der Waals surface area contributed by atoms with Gasteiger partial charge in [0, 0.05) is 24.8 Å². The van der Waals surface area contributed by atoms with Crippen LogP contribution in [0.4, 0.5) is 0 Å². The largest absolute Gasteiger partial charge is 0.497 e. The van der Waals surface area contributed by atoms with Crippen molar-refractivity contribution in [3.8, 4) is 11.5 Å². The Morgan fingerprint density at radius 1 is 1.10 bits per heavy atom. The molecule has 0 saturated heterocycles. The molecule has 6 heteroatoms. The Bertz CT molecular complexity index is 395. The molecule has 0 spiro atoms. The molecule has 0 aromatic heterocycles. The molecule has 0 aliphatic rings. The van der Waals surface area contributed by atoms with Crippen molar-refractivity contribution in [2.45, 2.75) is 26.2 Å². The highest BCUT2D eigenvalue weighted by atomic mass is 16.7. The topological polar surface area (TPSA) is 75.0 Å². The van der Waals surface area contributed by atoms with Crippen molar-refractivity contribution in [2.75, 3.05) is 27.4 Å². The first-order valence-electron chi connectivity index (χ1n) is 6.63. The Morgan fingerprint density at radius 2 is 1.75 bits per heavy atom. The van der Waals surface area contributed by atoms with Gasteiger partial charge in [-0.3, -0.25) is 5.84 Å². The zero-order valence-corrected chi connectivity index (χ0v) is 12.5. The molecule has 0 radical (unpaired) electrons. The van der Waals surface area contributed by atoms with Crippen molar-refractivity contribution in [3.05, 3.63) is 23.8 Å². The first-order chi connectivity index (χ1) is 9.71. The minimum atomic E-state index is -0.489. The zero-order chi connectivity index (χ0) is 15.0. The lowest BCUT2D eigenvalue weighted by molar-refractivity contribution is -0.155. The van der Waals surface area contributed by atoms with Crippen LogP contribution >= 0.6 is 0 Å². The first-order valence-corrected chi connectivity index (χ1v) is 6.63. The quantitative estimate of drug-likeness (QED) is 0.408. The second-order valence-electron chi connectivity index (χ2n) is 4.03. The number of hydrogen-bond donors (Lipinski definition) is 2. The Hall–Kier alpha value is -1.34. The molecule has 0 aliphatic carbocycles. The molecule has 1 unspecified atom stereocenters. The van der Waals surface area contributed by atoms with Crippen molar-refractivity contribution in [1.29, 1.82) is 0 Å². The molecule has 1 aromatic rings. The number of rotatable bonds is 9. The number of nitrogens with one attached hydrogen (secondary N) is 1.